The normalized spacial score (nSPS) is 15.1. The summed E-state index contributed by atoms with van der Waals surface area (Å²) in [7, 11) is 0. The van der Waals surface area contributed by atoms with Gasteiger partial charge in [-0.05, 0) is 30.5 Å². The van der Waals surface area contributed by atoms with E-state index in [1.54, 1.807) is 10.7 Å². The highest BCUT2D eigenvalue weighted by atomic mass is 16.2. The lowest BCUT2D eigenvalue weighted by Crippen LogP contribution is -2.39. The Morgan fingerprint density at radius 3 is 2.69 bits per heavy atom. The molecular weight excluding hydrogens is 326 g/mol. The van der Waals surface area contributed by atoms with Crippen LogP contribution in [0.4, 0.5) is 10.5 Å². The van der Waals surface area contributed by atoms with Gasteiger partial charge >= 0.3 is 6.03 Å². The third-order valence-electron chi connectivity index (χ3n) is 4.78. The molecule has 0 atom stereocenters. The Morgan fingerprint density at radius 1 is 1.08 bits per heavy atom. The monoisotopic (exact) mass is 349 g/mol. The number of rotatable bonds is 4. The summed E-state index contributed by atoms with van der Waals surface area (Å²) in [6, 6.07) is 14.0. The van der Waals surface area contributed by atoms with Gasteiger partial charge in [-0.2, -0.15) is 5.10 Å². The van der Waals surface area contributed by atoms with E-state index < -0.39 is 0 Å². The molecule has 2 N–H and O–H groups in total. The maximum atomic E-state index is 12.2. The molecule has 1 aliphatic carbocycles. The van der Waals surface area contributed by atoms with Crippen LogP contribution in [0.1, 0.15) is 43.5 Å². The third-order valence-corrected chi connectivity index (χ3v) is 4.78. The number of nitrogens with zero attached hydrogens (tertiary/aromatic N) is 3. The Hall–Kier alpha value is -2.89. The molecule has 4 rings (SSSR count). The van der Waals surface area contributed by atoms with Gasteiger partial charge in [-0.15, -0.1) is 0 Å². The molecule has 1 aliphatic rings. The number of carbonyl (C=O) groups is 1. The van der Waals surface area contributed by atoms with Crippen molar-refractivity contribution in [2.75, 3.05) is 5.32 Å². The van der Waals surface area contributed by atoms with Gasteiger partial charge in [-0.25, -0.2) is 14.3 Å². The van der Waals surface area contributed by atoms with Gasteiger partial charge in [0.15, 0.2) is 11.5 Å². The molecule has 0 saturated heterocycles. The van der Waals surface area contributed by atoms with Crippen LogP contribution in [0.5, 0.6) is 0 Å². The number of nitrogens with one attached hydrogen (secondary N) is 2. The molecule has 6 nitrogen and oxygen atoms in total. The average Bonchev–Trinajstić information content (AvgIpc) is 3.05. The van der Waals surface area contributed by atoms with Crippen molar-refractivity contribution in [1.82, 2.24) is 19.9 Å². The van der Waals surface area contributed by atoms with Crippen LogP contribution in [0.2, 0.25) is 0 Å². The second-order valence-electron chi connectivity index (χ2n) is 6.84. The molecule has 2 amide bonds. The molecule has 1 aromatic carbocycles. The minimum Gasteiger partial charge on any atom is -0.335 e. The van der Waals surface area contributed by atoms with E-state index in [-0.39, 0.29) is 12.1 Å². The van der Waals surface area contributed by atoms with Crippen LogP contribution in [-0.2, 0) is 6.42 Å². The second kappa shape index (κ2) is 7.56. The predicted molar refractivity (Wildman–Crippen MR) is 101 cm³/mol. The Labute approximate surface area is 152 Å². The number of carbonyl (C=O) groups excluding carboxylic acids is 1. The minimum atomic E-state index is -0.152. The van der Waals surface area contributed by atoms with E-state index in [4.69, 9.17) is 0 Å². The number of hydrogen-bond acceptors (Lipinski definition) is 3. The van der Waals surface area contributed by atoms with Crippen molar-refractivity contribution < 1.29 is 4.79 Å². The van der Waals surface area contributed by atoms with E-state index in [0.29, 0.717) is 12.1 Å². The van der Waals surface area contributed by atoms with Gasteiger partial charge in [-0.1, -0.05) is 49.6 Å². The van der Waals surface area contributed by atoms with Crippen LogP contribution in [0, 0.1) is 0 Å². The lowest BCUT2D eigenvalue weighted by molar-refractivity contribution is 0.244. The number of urea groups is 1. The first-order valence-corrected chi connectivity index (χ1v) is 9.23. The fourth-order valence-electron chi connectivity index (χ4n) is 3.46. The Balaban J connectivity index is 1.42. The molecule has 6 heteroatoms. The van der Waals surface area contributed by atoms with Crippen LogP contribution in [0.15, 0.2) is 48.7 Å². The van der Waals surface area contributed by atoms with Gasteiger partial charge < -0.3 is 10.6 Å². The first kappa shape index (κ1) is 16.6. The Kier molecular flexibility index (Phi) is 4.82. The average molecular weight is 349 g/mol. The van der Waals surface area contributed by atoms with Crippen molar-refractivity contribution in [1.29, 1.82) is 0 Å². The van der Waals surface area contributed by atoms with Gasteiger partial charge in [0.25, 0.3) is 0 Å². The van der Waals surface area contributed by atoms with E-state index in [0.717, 1.165) is 24.3 Å². The summed E-state index contributed by atoms with van der Waals surface area (Å²) in [6.45, 7) is 0. The molecule has 0 unspecified atom stereocenters. The minimum absolute atomic E-state index is 0.152. The van der Waals surface area contributed by atoms with Gasteiger partial charge in [-0.3, -0.25) is 0 Å². The second-order valence-corrected chi connectivity index (χ2v) is 6.84. The van der Waals surface area contributed by atoms with Crippen LogP contribution in [-0.4, -0.2) is 26.7 Å². The van der Waals surface area contributed by atoms with Crippen molar-refractivity contribution in [2.45, 2.75) is 44.6 Å². The van der Waals surface area contributed by atoms with Crippen LogP contribution < -0.4 is 10.6 Å². The van der Waals surface area contributed by atoms with Crippen molar-refractivity contribution in [3.05, 3.63) is 60.0 Å². The fraction of sp³-hybridized carbons (Fsp3) is 0.350. The first-order valence-electron chi connectivity index (χ1n) is 9.23. The summed E-state index contributed by atoms with van der Waals surface area (Å²) in [5.41, 5.74) is 2.66. The number of aromatic nitrogens is 3. The van der Waals surface area contributed by atoms with Crippen molar-refractivity contribution in [2.24, 2.45) is 0 Å². The van der Waals surface area contributed by atoms with Crippen molar-refractivity contribution in [3.63, 3.8) is 0 Å². The lowest BCUT2D eigenvalue weighted by atomic mass is 9.96. The standard InChI is InChI=1S/C20H23N5O/c26-20(21-16-9-5-2-6-10-16)22-17-11-12-19-23-18(24-25(19)14-17)13-15-7-3-1-4-8-15/h1,3-4,7-8,11-12,14,16H,2,5-6,9-10,13H2,(H2,21,22,26). The SMILES string of the molecule is O=C(Nc1ccc2nc(Cc3ccccc3)nn2c1)NC1CCCCC1. The highest BCUT2D eigenvalue weighted by molar-refractivity contribution is 5.89. The molecule has 26 heavy (non-hydrogen) atoms. The highest BCUT2D eigenvalue weighted by Gasteiger charge is 2.15. The third kappa shape index (κ3) is 4.02. The summed E-state index contributed by atoms with van der Waals surface area (Å²) < 4.78 is 1.72. The molecular formula is C20H23N5O. The molecule has 1 saturated carbocycles. The molecule has 2 aromatic heterocycles. The summed E-state index contributed by atoms with van der Waals surface area (Å²) in [4.78, 5) is 16.7. The molecule has 134 valence electrons. The molecule has 0 aliphatic heterocycles. The maximum absolute atomic E-state index is 12.2. The van der Waals surface area contributed by atoms with Gasteiger partial charge in [0, 0.05) is 12.5 Å². The number of amides is 2. The quantitative estimate of drug-likeness (QED) is 0.753. The molecule has 0 bridgehead atoms. The van der Waals surface area contributed by atoms with Gasteiger partial charge in [0.1, 0.15) is 0 Å². The van der Waals surface area contributed by atoms with Crippen molar-refractivity contribution in [3.8, 4) is 0 Å². The van der Waals surface area contributed by atoms with E-state index in [1.165, 1.54) is 24.8 Å². The predicted octanol–water partition coefficient (Wildman–Crippen LogP) is 3.77. The number of anilines is 1. The summed E-state index contributed by atoms with van der Waals surface area (Å²) >= 11 is 0. The molecule has 3 aromatic rings. The highest BCUT2D eigenvalue weighted by Crippen LogP contribution is 2.18. The topological polar surface area (TPSA) is 71.3 Å². The van der Waals surface area contributed by atoms with E-state index in [9.17, 15) is 4.79 Å². The van der Waals surface area contributed by atoms with Gasteiger partial charge in [0.2, 0.25) is 0 Å². The Bertz CT molecular complexity index is 884. The van der Waals surface area contributed by atoms with Gasteiger partial charge in [0.05, 0.1) is 11.9 Å². The largest absolute Gasteiger partial charge is 0.335 e. The zero-order valence-corrected chi connectivity index (χ0v) is 14.7. The van der Waals surface area contributed by atoms with Crippen LogP contribution in [0.3, 0.4) is 0 Å². The molecule has 0 spiro atoms. The maximum Gasteiger partial charge on any atom is 0.319 e. The summed E-state index contributed by atoms with van der Waals surface area (Å²) in [6.07, 6.45) is 8.29. The zero-order chi connectivity index (χ0) is 17.8. The zero-order valence-electron chi connectivity index (χ0n) is 14.7. The van der Waals surface area contributed by atoms with E-state index >= 15 is 0 Å². The fourth-order valence-corrected chi connectivity index (χ4v) is 3.46. The Morgan fingerprint density at radius 2 is 1.88 bits per heavy atom. The number of benzene rings is 1. The smallest absolute Gasteiger partial charge is 0.319 e. The van der Waals surface area contributed by atoms with Crippen molar-refractivity contribution >= 4 is 17.4 Å². The summed E-state index contributed by atoms with van der Waals surface area (Å²) in [5, 5.41) is 10.5. The molecule has 2 heterocycles. The summed E-state index contributed by atoms with van der Waals surface area (Å²) in [5.74, 6) is 0.764. The number of fused-ring (bicyclic) bond motifs is 1. The lowest BCUT2D eigenvalue weighted by Gasteiger charge is -2.22. The van der Waals surface area contributed by atoms with Crippen LogP contribution in [0.25, 0.3) is 5.65 Å². The first-order chi connectivity index (χ1) is 12.8. The van der Waals surface area contributed by atoms with E-state index in [2.05, 4.69) is 32.8 Å². The molecule has 1 fully saturated rings. The number of pyridine rings is 1. The van der Waals surface area contributed by atoms with E-state index in [1.807, 2.05) is 30.3 Å². The molecule has 0 radical (unpaired) electrons. The number of hydrogen-bond donors (Lipinski definition) is 2. The van der Waals surface area contributed by atoms with Crippen LogP contribution >= 0.6 is 0 Å².